The topological polar surface area (TPSA) is 78.5 Å². The molecule has 0 aromatic carbocycles. The summed E-state index contributed by atoms with van der Waals surface area (Å²) in [5.74, 6) is 1.31. The Kier molecular flexibility index (Phi) is 4.74. The summed E-state index contributed by atoms with van der Waals surface area (Å²) in [5.41, 5.74) is 0.694. The second-order valence-corrected chi connectivity index (χ2v) is 7.34. The van der Waals surface area contributed by atoms with Gasteiger partial charge < -0.3 is 14.5 Å². The van der Waals surface area contributed by atoms with Crippen LogP contribution in [0.15, 0.2) is 10.9 Å². The van der Waals surface area contributed by atoms with E-state index < -0.39 is 0 Å². The fourth-order valence-electron chi connectivity index (χ4n) is 4.23. The number of morpholine rings is 1. The molecule has 1 N–H and O–H groups in total. The van der Waals surface area contributed by atoms with E-state index in [1.54, 1.807) is 6.07 Å². The van der Waals surface area contributed by atoms with Gasteiger partial charge in [0.1, 0.15) is 0 Å². The molecular weight excluding hydrogens is 320 g/mol. The number of amides is 1. The van der Waals surface area contributed by atoms with Gasteiger partial charge in [0.25, 0.3) is 5.56 Å². The molecule has 7 nitrogen and oxygen atoms in total. The minimum absolute atomic E-state index is 0.118. The monoisotopic (exact) mass is 346 g/mol. The van der Waals surface area contributed by atoms with Gasteiger partial charge in [-0.15, -0.1) is 0 Å². The van der Waals surface area contributed by atoms with Crippen LogP contribution in [0, 0.1) is 5.92 Å². The van der Waals surface area contributed by atoms with Gasteiger partial charge in [-0.2, -0.15) is 0 Å². The Balaban J connectivity index is 1.47. The van der Waals surface area contributed by atoms with Crippen LogP contribution < -0.4 is 10.5 Å². The lowest BCUT2D eigenvalue weighted by Gasteiger charge is -2.27. The molecule has 3 fully saturated rings. The van der Waals surface area contributed by atoms with Gasteiger partial charge in [-0.3, -0.25) is 14.6 Å². The van der Waals surface area contributed by atoms with Crippen LogP contribution in [0.4, 0.5) is 5.95 Å². The van der Waals surface area contributed by atoms with Gasteiger partial charge in [0.05, 0.1) is 18.9 Å². The van der Waals surface area contributed by atoms with E-state index >= 15 is 0 Å². The summed E-state index contributed by atoms with van der Waals surface area (Å²) in [6.07, 6.45) is 5.30. The number of anilines is 1. The Bertz CT molecular complexity index is 677. The third kappa shape index (κ3) is 3.56. The van der Waals surface area contributed by atoms with Crippen molar-refractivity contribution in [2.45, 2.75) is 38.0 Å². The molecule has 3 aliphatic rings. The first kappa shape index (κ1) is 16.6. The van der Waals surface area contributed by atoms with Crippen LogP contribution in [0.1, 0.15) is 43.7 Å². The van der Waals surface area contributed by atoms with E-state index in [2.05, 4.69) is 9.88 Å². The zero-order chi connectivity index (χ0) is 17.2. The maximum Gasteiger partial charge on any atom is 0.252 e. The average molecular weight is 346 g/mol. The number of carbonyl (C=O) groups excluding carboxylic acids is 1. The molecular formula is C18H26N4O3. The number of carbonyl (C=O) groups is 1. The number of H-pyrrole nitrogens is 1. The van der Waals surface area contributed by atoms with E-state index in [0.717, 1.165) is 44.6 Å². The van der Waals surface area contributed by atoms with Gasteiger partial charge in [-0.1, -0.05) is 12.8 Å². The number of aromatic nitrogens is 2. The Labute approximate surface area is 147 Å². The van der Waals surface area contributed by atoms with Gasteiger partial charge in [-0.25, -0.2) is 4.98 Å². The molecule has 1 amide bonds. The quantitative estimate of drug-likeness (QED) is 0.887. The maximum absolute atomic E-state index is 12.6. The highest BCUT2D eigenvalue weighted by atomic mass is 16.5. The molecule has 1 saturated carbocycles. The van der Waals surface area contributed by atoms with Crippen molar-refractivity contribution in [3.05, 3.63) is 22.1 Å². The number of rotatable bonds is 3. The van der Waals surface area contributed by atoms with Crippen LogP contribution in [0.5, 0.6) is 0 Å². The van der Waals surface area contributed by atoms with Crippen molar-refractivity contribution in [2.24, 2.45) is 5.92 Å². The maximum atomic E-state index is 12.6. The third-order valence-electron chi connectivity index (χ3n) is 5.68. The zero-order valence-electron chi connectivity index (χ0n) is 14.6. The van der Waals surface area contributed by atoms with Crippen molar-refractivity contribution in [3.63, 3.8) is 0 Å². The molecule has 2 aliphatic heterocycles. The predicted octanol–water partition coefficient (Wildman–Crippen LogP) is 1.11. The molecule has 0 bridgehead atoms. The molecule has 1 atom stereocenters. The highest BCUT2D eigenvalue weighted by molar-refractivity contribution is 5.79. The highest BCUT2D eigenvalue weighted by Gasteiger charge is 2.33. The predicted molar refractivity (Wildman–Crippen MR) is 93.8 cm³/mol. The van der Waals surface area contributed by atoms with Crippen LogP contribution >= 0.6 is 0 Å². The lowest BCUT2D eigenvalue weighted by Crippen LogP contribution is -2.38. The van der Waals surface area contributed by atoms with Crippen molar-refractivity contribution < 1.29 is 9.53 Å². The molecule has 1 aliphatic carbocycles. The van der Waals surface area contributed by atoms with E-state index in [9.17, 15) is 9.59 Å². The van der Waals surface area contributed by atoms with Gasteiger partial charge in [0.15, 0.2) is 0 Å². The first-order valence-corrected chi connectivity index (χ1v) is 9.43. The number of aromatic amines is 1. The summed E-state index contributed by atoms with van der Waals surface area (Å²) in [7, 11) is 0. The van der Waals surface area contributed by atoms with Crippen molar-refractivity contribution >= 4 is 11.9 Å². The molecule has 0 spiro atoms. The van der Waals surface area contributed by atoms with Crippen LogP contribution in [-0.2, 0) is 9.53 Å². The first-order valence-electron chi connectivity index (χ1n) is 9.43. The van der Waals surface area contributed by atoms with Crippen molar-refractivity contribution in [2.75, 3.05) is 44.3 Å². The highest BCUT2D eigenvalue weighted by Crippen LogP contribution is 2.31. The van der Waals surface area contributed by atoms with E-state index in [0.29, 0.717) is 31.6 Å². The lowest BCUT2D eigenvalue weighted by molar-refractivity contribution is -0.134. The van der Waals surface area contributed by atoms with Crippen LogP contribution in [0.25, 0.3) is 0 Å². The Morgan fingerprint density at radius 2 is 1.92 bits per heavy atom. The van der Waals surface area contributed by atoms with Gasteiger partial charge in [0, 0.05) is 44.1 Å². The molecule has 3 heterocycles. The molecule has 136 valence electrons. The summed E-state index contributed by atoms with van der Waals surface area (Å²) >= 11 is 0. The minimum Gasteiger partial charge on any atom is -0.378 e. The third-order valence-corrected chi connectivity index (χ3v) is 5.68. The minimum atomic E-state index is -0.118. The van der Waals surface area contributed by atoms with E-state index in [1.165, 1.54) is 12.8 Å². The van der Waals surface area contributed by atoms with E-state index in [1.807, 2.05) is 4.90 Å². The number of ether oxygens (including phenoxy) is 1. The van der Waals surface area contributed by atoms with E-state index in [-0.39, 0.29) is 17.4 Å². The van der Waals surface area contributed by atoms with Crippen LogP contribution in [0.2, 0.25) is 0 Å². The van der Waals surface area contributed by atoms with E-state index in [4.69, 9.17) is 9.72 Å². The molecule has 1 aromatic heterocycles. The van der Waals surface area contributed by atoms with Crippen molar-refractivity contribution in [3.8, 4) is 0 Å². The first-order chi connectivity index (χ1) is 12.2. The Morgan fingerprint density at radius 3 is 2.68 bits per heavy atom. The fourth-order valence-corrected chi connectivity index (χ4v) is 4.23. The average Bonchev–Trinajstić information content (AvgIpc) is 3.33. The smallest absolute Gasteiger partial charge is 0.252 e. The number of likely N-dealkylation sites (tertiary alicyclic amines) is 1. The number of nitrogens with zero attached hydrogens (tertiary/aromatic N) is 3. The van der Waals surface area contributed by atoms with Gasteiger partial charge >= 0.3 is 0 Å². The Hall–Kier alpha value is -1.89. The second kappa shape index (κ2) is 7.15. The van der Waals surface area contributed by atoms with Gasteiger partial charge in [0.2, 0.25) is 11.9 Å². The normalized spacial score (nSPS) is 24.9. The lowest BCUT2D eigenvalue weighted by atomic mass is 10.0. The summed E-state index contributed by atoms with van der Waals surface area (Å²) in [6, 6.07) is 1.60. The van der Waals surface area contributed by atoms with Crippen molar-refractivity contribution in [1.29, 1.82) is 0 Å². The molecule has 7 heteroatoms. The Morgan fingerprint density at radius 1 is 1.16 bits per heavy atom. The summed E-state index contributed by atoms with van der Waals surface area (Å²) in [4.78, 5) is 36.3. The van der Waals surface area contributed by atoms with Crippen LogP contribution in [-0.4, -0.2) is 60.2 Å². The molecule has 1 unspecified atom stereocenters. The van der Waals surface area contributed by atoms with Crippen LogP contribution in [0.3, 0.4) is 0 Å². The molecule has 0 radical (unpaired) electrons. The number of nitrogens with one attached hydrogen (secondary N) is 1. The largest absolute Gasteiger partial charge is 0.378 e. The van der Waals surface area contributed by atoms with Crippen molar-refractivity contribution in [1.82, 2.24) is 14.9 Å². The number of hydrogen-bond acceptors (Lipinski definition) is 5. The molecule has 2 saturated heterocycles. The number of hydrogen-bond donors (Lipinski definition) is 1. The summed E-state index contributed by atoms with van der Waals surface area (Å²) in [5, 5.41) is 0. The SMILES string of the molecule is O=C(C1CCCC1)N1CCC(c2cc(=O)[nH]c(N3CCOCC3)n2)C1. The summed E-state index contributed by atoms with van der Waals surface area (Å²) < 4.78 is 5.36. The summed E-state index contributed by atoms with van der Waals surface area (Å²) in [6.45, 7) is 4.25. The zero-order valence-corrected chi connectivity index (χ0v) is 14.6. The molecule has 25 heavy (non-hydrogen) atoms. The second-order valence-electron chi connectivity index (χ2n) is 7.34. The van der Waals surface area contributed by atoms with Gasteiger partial charge in [-0.05, 0) is 19.3 Å². The fraction of sp³-hybridized carbons (Fsp3) is 0.722. The molecule has 1 aromatic rings. The standard InChI is InChI=1S/C18H26N4O3/c23-16-11-15(19-18(20-16)21-7-9-25-10-8-21)14-5-6-22(12-14)17(24)13-3-1-2-4-13/h11,13-14H,1-10,12H2,(H,19,20,23). The molecule has 4 rings (SSSR count).